The Labute approximate surface area is 200 Å². The summed E-state index contributed by atoms with van der Waals surface area (Å²) < 4.78 is 35.8. The van der Waals surface area contributed by atoms with Crippen molar-refractivity contribution < 1.29 is 23.4 Å². The smallest absolute Gasteiger partial charge is 0.407 e. The Morgan fingerprint density at radius 3 is 2.60 bits per heavy atom. The Morgan fingerprint density at radius 2 is 1.94 bits per heavy atom. The number of carbonyl (C=O) groups is 1. The molecule has 9 nitrogen and oxygen atoms in total. The second-order valence-electron chi connectivity index (χ2n) is 8.55. The zero-order valence-corrected chi connectivity index (χ0v) is 19.2. The van der Waals surface area contributed by atoms with Gasteiger partial charge in [0.1, 0.15) is 23.7 Å². The molecule has 2 aromatic heterocycles. The van der Waals surface area contributed by atoms with Crippen LogP contribution in [-0.4, -0.2) is 78.2 Å². The first-order valence-electron chi connectivity index (χ1n) is 11.5. The maximum atomic E-state index is 15.4. The number of morpholine rings is 1. The molecule has 2 fully saturated rings. The lowest BCUT2D eigenvalue weighted by Crippen LogP contribution is -2.49. The number of aromatic nitrogens is 2. The van der Waals surface area contributed by atoms with Crippen LogP contribution in [0.1, 0.15) is 5.56 Å². The Balaban J connectivity index is 1.70. The molecule has 0 aliphatic carbocycles. The summed E-state index contributed by atoms with van der Waals surface area (Å²) in [5, 5.41) is 12.8. The summed E-state index contributed by atoms with van der Waals surface area (Å²) in [7, 11) is 0. The minimum Gasteiger partial charge on any atom is -0.465 e. The number of piperazine rings is 1. The molecule has 1 unspecified atom stereocenters. The summed E-state index contributed by atoms with van der Waals surface area (Å²) in [4.78, 5) is 25.4. The van der Waals surface area contributed by atoms with E-state index in [1.54, 1.807) is 12.4 Å². The molecule has 3 aromatic rings. The number of nitrogens with zero attached hydrogens (tertiary/aromatic N) is 5. The molecule has 2 aliphatic heterocycles. The van der Waals surface area contributed by atoms with Gasteiger partial charge in [-0.2, -0.15) is 0 Å². The number of ether oxygens (including phenoxy) is 1. The molecule has 0 spiro atoms. The molecule has 1 aromatic carbocycles. The van der Waals surface area contributed by atoms with Crippen LogP contribution in [0.4, 0.5) is 30.8 Å². The fourth-order valence-corrected chi connectivity index (χ4v) is 4.75. The second-order valence-corrected chi connectivity index (χ2v) is 8.55. The number of anilines is 3. The number of halogens is 2. The van der Waals surface area contributed by atoms with Crippen molar-refractivity contribution >= 4 is 34.2 Å². The molecule has 0 bridgehead atoms. The topological polar surface area (TPSA) is 94.1 Å². The van der Waals surface area contributed by atoms with Gasteiger partial charge in [0.15, 0.2) is 0 Å². The van der Waals surface area contributed by atoms with Gasteiger partial charge in [-0.15, -0.1) is 0 Å². The Hall–Kier alpha value is -3.57. The van der Waals surface area contributed by atoms with Gasteiger partial charge >= 0.3 is 6.09 Å². The third kappa shape index (κ3) is 4.44. The average molecular weight is 485 g/mol. The van der Waals surface area contributed by atoms with Gasteiger partial charge in [-0.25, -0.2) is 18.6 Å². The van der Waals surface area contributed by atoms with Crippen LogP contribution in [0.15, 0.2) is 36.7 Å². The predicted octanol–water partition coefficient (Wildman–Crippen LogP) is 3.10. The van der Waals surface area contributed by atoms with Crippen LogP contribution in [0.3, 0.4) is 0 Å². The van der Waals surface area contributed by atoms with E-state index in [1.165, 1.54) is 11.0 Å². The molecule has 2 aliphatic rings. The quantitative estimate of drug-likeness (QED) is 0.584. The summed E-state index contributed by atoms with van der Waals surface area (Å²) in [5.41, 5.74) is 2.15. The molecule has 5 rings (SSSR count). The molecule has 2 N–H and O–H groups in total. The van der Waals surface area contributed by atoms with E-state index in [0.29, 0.717) is 62.9 Å². The van der Waals surface area contributed by atoms with Crippen LogP contribution in [0, 0.1) is 18.6 Å². The number of carboxylic acid groups (broad SMARTS) is 1. The highest BCUT2D eigenvalue weighted by Gasteiger charge is 2.31. The van der Waals surface area contributed by atoms with Gasteiger partial charge in [-0.05, 0) is 19.1 Å². The summed E-state index contributed by atoms with van der Waals surface area (Å²) in [5.74, 6) is -0.869. The highest BCUT2D eigenvalue weighted by molar-refractivity contribution is 5.98. The lowest BCUT2D eigenvalue weighted by Gasteiger charge is -2.39. The van der Waals surface area contributed by atoms with Crippen molar-refractivity contribution in [3.63, 3.8) is 0 Å². The van der Waals surface area contributed by atoms with Gasteiger partial charge in [0.2, 0.25) is 0 Å². The predicted molar refractivity (Wildman–Crippen MR) is 127 cm³/mol. The number of rotatable bonds is 4. The van der Waals surface area contributed by atoms with Gasteiger partial charge < -0.3 is 29.9 Å². The molecule has 0 saturated carbocycles. The first-order chi connectivity index (χ1) is 16.9. The fourth-order valence-electron chi connectivity index (χ4n) is 4.75. The van der Waals surface area contributed by atoms with Crippen molar-refractivity contribution in [1.29, 1.82) is 0 Å². The molecule has 1 atom stereocenters. The number of nitrogens with one attached hydrogen (secondary N) is 1. The zero-order chi connectivity index (χ0) is 24.5. The average Bonchev–Trinajstić information content (AvgIpc) is 2.86. The van der Waals surface area contributed by atoms with E-state index < -0.39 is 24.0 Å². The molecule has 35 heavy (non-hydrogen) atoms. The fraction of sp³-hybridized carbons (Fsp3) is 0.375. The standard InChI is InChI=1S/C24H26F2N6O3/c1-15-22(32(17-2-4-27-5-3-17)20-14-28-6-11-35-20)21-18(26)12-16(25)13-19(21)29-23(15)30-7-9-31(10-8-30)24(33)34/h2-5,12-13,20,28H,6-11,14H2,1H3,(H,33,34). The van der Waals surface area contributed by atoms with Crippen molar-refractivity contribution in [3.05, 3.63) is 53.9 Å². The number of benzene rings is 1. The van der Waals surface area contributed by atoms with Crippen molar-refractivity contribution in [2.45, 2.75) is 13.2 Å². The van der Waals surface area contributed by atoms with Gasteiger partial charge in [0, 0.05) is 75.0 Å². The molecule has 11 heteroatoms. The Bertz CT molecular complexity index is 1230. The number of hydrogen-bond acceptors (Lipinski definition) is 7. The van der Waals surface area contributed by atoms with Crippen molar-refractivity contribution in [2.24, 2.45) is 0 Å². The van der Waals surface area contributed by atoms with Crippen LogP contribution in [-0.2, 0) is 4.74 Å². The van der Waals surface area contributed by atoms with E-state index in [9.17, 15) is 14.3 Å². The molecule has 2 saturated heterocycles. The molecular formula is C24H26F2N6O3. The zero-order valence-electron chi connectivity index (χ0n) is 19.2. The molecule has 184 valence electrons. The second kappa shape index (κ2) is 9.59. The third-order valence-electron chi connectivity index (χ3n) is 6.42. The van der Waals surface area contributed by atoms with E-state index in [2.05, 4.69) is 15.3 Å². The van der Waals surface area contributed by atoms with Gasteiger partial charge in [0.05, 0.1) is 23.2 Å². The van der Waals surface area contributed by atoms with Crippen LogP contribution in [0.2, 0.25) is 0 Å². The van der Waals surface area contributed by atoms with Gasteiger partial charge in [-0.3, -0.25) is 4.98 Å². The molecule has 4 heterocycles. The highest BCUT2D eigenvalue weighted by Crippen LogP contribution is 2.42. The minimum absolute atomic E-state index is 0.182. The van der Waals surface area contributed by atoms with Crippen molar-refractivity contribution in [3.8, 4) is 0 Å². The monoisotopic (exact) mass is 484 g/mol. The lowest BCUT2D eigenvalue weighted by molar-refractivity contribution is 0.0332. The number of hydrogen-bond donors (Lipinski definition) is 2. The Morgan fingerprint density at radius 1 is 1.20 bits per heavy atom. The summed E-state index contributed by atoms with van der Waals surface area (Å²) in [6.07, 6.45) is 1.89. The largest absolute Gasteiger partial charge is 0.465 e. The molecule has 0 radical (unpaired) electrons. The van der Waals surface area contributed by atoms with Gasteiger partial charge in [-0.1, -0.05) is 0 Å². The van der Waals surface area contributed by atoms with Crippen LogP contribution in [0.5, 0.6) is 0 Å². The van der Waals surface area contributed by atoms with E-state index in [4.69, 9.17) is 4.74 Å². The first kappa shape index (κ1) is 23.2. The Kier molecular flexibility index (Phi) is 6.35. The van der Waals surface area contributed by atoms with Crippen LogP contribution >= 0.6 is 0 Å². The normalized spacial score (nSPS) is 18.7. The van der Waals surface area contributed by atoms with Crippen LogP contribution < -0.4 is 15.1 Å². The van der Waals surface area contributed by atoms with E-state index in [-0.39, 0.29) is 10.9 Å². The highest BCUT2D eigenvalue weighted by atomic mass is 19.1. The first-order valence-corrected chi connectivity index (χ1v) is 11.5. The maximum Gasteiger partial charge on any atom is 0.407 e. The van der Waals surface area contributed by atoms with E-state index in [0.717, 1.165) is 11.8 Å². The number of amides is 1. The molecule has 1 amide bonds. The van der Waals surface area contributed by atoms with E-state index in [1.807, 2.05) is 28.9 Å². The van der Waals surface area contributed by atoms with Crippen LogP contribution in [0.25, 0.3) is 10.9 Å². The number of fused-ring (bicyclic) bond motifs is 1. The summed E-state index contributed by atoms with van der Waals surface area (Å²) in [6.45, 7) is 5.00. The summed E-state index contributed by atoms with van der Waals surface area (Å²) in [6, 6.07) is 5.72. The third-order valence-corrected chi connectivity index (χ3v) is 6.42. The number of pyridine rings is 2. The lowest BCUT2D eigenvalue weighted by atomic mass is 10.0. The molecular weight excluding hydrogens is 458 g/mol. The maximum absolute atomic E-state index is 15.4. The van der Waals surface area contributed by atoms with Gasteiger partial charge in [0.25, 0.3) is 0 Å². The van der Waals surface area contributed by atoms with E-state index >= 15 is 4.39 Å². The summed E-state index contributed by atoms with van der Waals surface area (Å²) >= 11 is 0. The minimum atomic E-state index is -0.969. The SMILES string of the molecule is Cc1c(N2CCN(C(=O)O)CC2)nc2cc(F)cc(F)c2c1N(c1ccncc1)C1CNCCO1. The van der Waals surface area contributed by atoms with Crippen molar-refractivity contribution in [1.82, 2.24) is 20.2 Å². The van der Waals surface area contributed by atoms with Crippen molar-refractivity contribution in [2.75, 3.05) is 55.7 Å².